The number of hydrogen-bond donors (Lipinski definition) is 1. The second kappa shape index (κ2) is 5.36. The molecular weight excluding hydrogens is 270 g/mol. The van der Waals surface area contributed by atoms with E-state index in [1.807, 2.05) is 0 Å². The highest BCUT2D eigenvalue weighted by Gasteiger charge is 2.25. The van der Waals surface area contributed by atoms with Crippen molar-refractivity contribution in [2.75, 3.05) is 13.6 Å². The molecule has 100 valence electrons. The van der Waals surface area contributed by atoms with E-state index in [9.17, 15) is 22.0 Å². The average molecular weight is 280 g/mol. The van der Waals surface area contributed by atoms with Crippen LogP contribution in [0.5, 0.6) is 0 Å². The smallest absolute Gasteiger partial charge is 0.337 e. The van der Waals surface area contributed by atoms with Gasteiger partial charge in [-0.05, 0) is 12.1 Å². The molecule has 0 aliphatic heterocycles. The summed E-state index contributed by atoms with van der Waals surface area (Å²) in [6.07, 6.45) is -1.95. The molecule has 1 rings (SSSR count). The largest absolute Gasteiger partial charge is 0.478 e. The van der Waals surface area contributed by atoms with Crippen molar-refractivity contribution in [2.24, 2.45) is 0 Å². The zero-order valence-electron chi connectivity index (χ0n) is 9.25. The molecule has 0 saturated heterocycles. The number of carboxylic acids is 1. The molecular formula is C9H10F2N2O4S. The molecule has 1 heterocycles. The van der Waals surface area contributed by atoms with Crippen LogP contribution in [0.2, 0.25) is 0 Å². The van der Waals surface area contributed by atoms with Crippen molar-refractivity contribution in [2.45, 2.75) is 11.5 Å². The van der Waals surface area contributed by atoms with E-state index in [1.165, 1.54) is 0 Å². The van der Waals surface area contributed by atoms with E-state index in [4.69, 9.17) is 5.11 Å². The SMILES string of the molecule is CN(CC(F)F)S(=O)(=O)c1ccc(C(=O)O)cn1. The molecule has 0 aliphatic carbocycles. The Bertz CT molecular complexity index is 530. The molecule has 0 amide bonds. The fourth-order valence-electron chi connectivity index (χ4n) is 1.11. The summed E-state index contributed by atoms with van der Waals surface area (Å²) in [6, 6.07) is 2.00. The lowest BCUT2D eigenvalue weighted by Gasteiger charge is -2.15. The maximum Gasteiger partial charge on any atom is 0.337 e. The van der Waals surface area contributed by atoms with Gasteiger partial charge in [-0.15, -0.1) is 0 Å². The molecule has 0 bridgehead atoms. The third-order valence-corrected chi connectivity index (χ3v) is 3.79. The van der Waals surface area contributed by atoms with Crippen LogP contribution < -0.4 is 0 Å². The van der Waals surface area contributed by atoms with Crippen LogP contribution >= 0.6 is 0 Å². The Morgan fingerprint density at radius 2 is 2.11 bits per heavy atom. The number of carbonyl (C=O) groups is 1. The van der Waals surface area contributed by atoms with E-state index in [1.54, 1.807) is 0 Å². The van der Waals surface area contributed by atoms with Crippen molar-refractivity contribution in [3.8, 4) is 0 Å². The summed E-state index contributed by atoms with van der Waals surface area (Å²) in [6.45, 7) is -0.954. The molecule has 0 atom stereocenters. The second-order valence-electron chi connectivity index (χ2n) is 3.37. The number of halogens is 2. The lowest BCUT2D eigenvalue weighted by Crippen LogP contribution is -2.31. The van der Waals surface area contributed by atoms with Gasteiger partial charge in [0.1, 0.15) is 0 Å². The van der Waals surface area contributed by atoms with Gasteiger partial charge in [-0.2, -0.15) is 4.31 Å². The Kier molecular flexibility index (Phi) is 4.30. The van der Waals surface area contributed by atoms with Gasteiger partial charge in [-0.3, -0.25) is 0 Å². The number of aromatic nitrogens is 1. The van der Waals surface area contributed by atoms with Crippen LogP contribution in [0.15, 0.2) is 23.4 Å². The van der Waals surface area contributed by atoms with Crippen molar-refractivity contribution in [3.05, 3.63) is 23.9 Å². The van der Waals surface area contributed by atoms with Crippen LogP contribution in [0.25, 0.3) is 0 Å². The van der Waals surface area contributed by atoms with E-state index in [-0.39, 0.29) is 5.56 Å². The van der Waals surface area contributed by atoms with Crippen LogP contribution in [0.1, 0.15) is 10.4 Å². The molecule has 0 fully saturated rings. The van der Waals surface area contributed by atoms with Gasteiger partial charge in [0, 0.05) is 13.2 Å². The molecule has 0 radical (unpaired) electrons. The van der Waals surface area contributed by atoms with Crippen molar-refractivity contribution in [3.63, 3.8) is 0 Å². The Labute approximate surface area is 102 Å². The highest BCUT2D eigenvalue weighted by atomic mass is 32.2. The summed E-state index contributed by atoms with van der Waals surface area (Å²) < 4.78 is 48.1. The number of aromatic carboxylic acids is 1. The normalized spacial score (nSPS) is 12.1. The Hall–Kier alpha value is -1.61. The number of pyridine rings is 1. The van der Waals surface area contributed by atoms with Crippen molar-refractivity contribution in [1.29, 1.82) is 0 Å². The number of nitrogens with zero attached hydrogens (tertiary/aromatic N) is 2. The van der Waals surface area contributed by atoms with Gasteiger partial charge in [-0.25, -0.2) is 27.0 Å². The van der Waals surface area contributed by atoms with Gasteiger partial charge < -0.3 is 5.11 Å². The lowest BCUT2D eigenvalue weighted by molar-refractivity contribution is 0.0696. The van der Waals surface area contributed by atoms with E-state index in [0.717, 1.165) is 25.4 Å². The Morgan fingerprint density at radius 1 is 1.50 bits per heavy atom. The average Bonchev–Trinajstić information content (AvgIpc) is 2.28. The van der Waals surface area contributed by atoms with Crippen molar-refractivity contribution >= 4 is 16.0 Å². The van der Waals surface area contributed by atoms with Gasteiger partial charge in [-0.1, -0.05) is 0 Å². The quantitative estimate of drug-likeness (QED) is 0.856. The zero-order valence-corrected chi connectivity index (χ0v) is 10.1. The number of alkyl halides is 2. The molecule has 1 aromatic heterocycles. The van der Waals surface area contributed by atoms with Crippen LogP contribution in [-0.2, 0) is 10.0 Å². The van der Waals surface area contributed by atoms with E-state index in [0.29, 0.717) is 4.31 Å². The van der Waals surface area contributed by atoms with Gasteiger partial charge in [0.05, 0.1) is 12.1 Å². The first-order valence-corrected chi connectivity index (χ1v) is 6.13. The monoisotopic (exact) mass is 280 g/mol. The Balaban J connectivity index is 3.02. The van der Waals surface area contributed by atoms with E-state index < -0.39 is 34.0 Å². The third kappa shape index (κ3) is 3.20. The summed E-state index contributed by atoms with van der Waals surface area (Å²) in [5.41, 5.74) is -0.189. The summed E-state index contributed by atoms with van der Waals surface area (Å²) in [5.74, 6) is -1.26. The zero-order chi connectivity index (χ0) is 13.9. The fourth-order valence-corrected chi connectivity index (χ4v) is 2.17. The highest BCUT2D eigenvalue weighted by Crippen LogP contribution is 2.13. The minimum atomic E-state index is -4.13. The minimum absolute atomic E-state index is 0.189. The van der Waals surface area contributed by atoms with E-state index >= 15 is 0 Å². The van der Waals surface area contributed by atoms with E-state index in [2.05, 4.69) is 4.98 Å². The number of sulfonamides is 1. The fraction of sp³-hybridized carbons (Fsp3) is 0.333. The molecule has 9 heteroatoms. The summed E-state index contributed by atoms with van der Waals surface area (Å²) in [4.78, 5) is 14.0. The lowest BCUT2D eigenvalue weighted by atomic mass is 10.3. The standard InChI is InChI=1S/C9H10F2N2O4S/c1-13(5-7(10)11)18(16,17)8-3-2-6(4-12-8)9(14)15/h2-4,7H,5H2,1H3,(H,14,15). The Morgan fingerprint density at radius 3 is 2.50 bits per heavy atom. The molecule has 0 unspecified atom stereocenters. The van der Waals surface area contributed by atoms with Crippen LogP contribution in [0, 0.1) is 0 Å². The third-order valence-electron chi connectivity index (χ3n) is 2.05. The minimum Gasteiger partial charge on any atom is -0.478 e. The summed E-state index contributed by atoms with van der Waals surface area (Å²) in [5, 5.41) is 8.13. The molecule has 18 heavy (non-hydrogen) atoms. The van der Waals surface area contributed by atoms with Gasteiger partial charge in [0.25, 0.3) is 16.4 Å². The van der Waals surface area contributed by atoms with Crippen LogP contribution in [-0.4, -0.2) is 48.8 Å². The number of hydrogen-bond acceptors (Lipinski definition) is 4. The van der Waals surface area contributed by atoms with Crippen LogP contribution in [0.3, 0.4) is 0 Å². The summed E-state index contributed by atoms with van der Waals surface area (Å²) >= 11 is 0. The highest BCUT2D eigenvalue weighted by molar-refractivity contribution is 7.89. The molecule has 6 nitrogen and oxygen atoms in total. The maximum absolute atomic E-state index is 12.1. The molecule has 0 aromatic carbocycles. The molecule has 1 N–H and O–H groups in total. The molecule has 0 saturated carbocycles. The predicted octanol–water partition coefficient (Wildman–Crippen LogP) is 0.665. The number of rotatable bonds is 5. The topological polar surface area (TPSA) is 87.6 Å². The van der Waals surface area contributed by atoms with Crippen molar-refractivity contribution in [1.82, 2.24) is 9.29 Å². The first-order chi connectivity index (χ1) is 8.25. The first-order valence-electron chi connectivity index (χ1n) is 4.69. The van der Waals surface area contributed by atoms with Gasteiger partial charge in [0.2, 0.25) is 0 Å². The molecule has 0 spiro atoms. The van der Waals surface area contributed by atoms with Gasteiger partial charge >= 0.3 is 5.97 Å². The molecule has 1 aromatic rings. The predicted molar refractivity (Wildman–Crippen MR) is 57.0 cm³/mol. The first kappa shape index (κ1) is 14.5. The van der Waals surface area contributed by atoms with Crippen molar-refractivity contribution < 1.29 is 27.1 Å². The van der Waals surface area contributed by atoms with Gasteiger partial charge in [0.15, 0.2) is 5.03 Å². The second-order valence-corrected chi connectivity index (χ2v) is 5.36. The van der Waals surface area contributed by atoms with Crippen LogP contribution in [0.4, 0.5) is 8.78 Å². The number of carboxylic acid groups (broad SMARTS) is 1. The maximum atomic E-state index is 12.1. The summed E-state index contributed by atoms with van der Waals surface area (Å²) in [7, 11) is -3.13. The molecule has 0 aliphatic rings.